The van der Waals surface area contributed by atoms with E-state index >= 15 is 0 Å². The van der Waals surface area contributed by atoms with Gasteiger partial charge in [0.05, 0.1) is 11.9 Å². The monoisotopic (exact) mass is 267 g/mol. The molecular weight excluding hydrogens is 250 g/mol. The normalized spacial score (nSPS) is 28.3. The van der Waals surface area contributed by atoms with E-state index in [1.54, 1.807) is 11.8 Å². The molecule has 2 aliphatic rings. The smallest absolute Gasteiger partial charge is 0.234 e. The summed E-state index contributed by atoms with van der Waals surface area (Å²) in [4.78, 5) is 13.9. The van der Waals surface area contributed by atoms with E-state index in [9.17, 15) is 4.79 Å². The maximum atomic E-state index is 12.0. The van der Waals surface area contributed by atoms with E-state index in [4.69, 9.17) is 9.15 Å². The molecule has 2 saturated heterocycles. The Morgan fingerprint density at radius 3 is 3.06 bits per heavy atom. The van der Waals surface area contributed by atoms with Crippen LogP contribution in [0.1, 0.15) is 29.7 Å². The fraction of sp³-hybridized carbons (Fsp3) is 0.615. The summed E-state index contributed by atoms with van der Waals surface area (Å²) >= 11 is 1.64. The lowest BCUT2D eigenvalue weighted by Gasteiger charge is -2.25. The number of thioether (sulfide) groups is 1. The molecule has 2 aliphatic heterocycles. The minimum absolute atomic E-state index is 0.0235. The molecule has 0 N–H and O–H groups in total. The molecule has 0 aliphatic carbocycles. The second-order valence-corrected chi connectivity index (χ2v) is 5.86. The van der Waals surface area contributed by atoms with Crippen molar-refractivity contribution in [3.05, 3.63) is 23.7 Å². The number of furan rings is 1. The van der Waals surface area contributed by atoms with Gasteiger partial charge in [-0.2, -0.15) is 0 Å². The van der Waals surface area contributed by atoms with Gasteiger partial charge in [0.2, 0.25) is 5.91 Å². The van der Waals surface area contributed by atoms with Crippen molar-refractivity contribution in [2.24, 2.45) is 0 Å². The predicted octanol–water partition coefficient (Wildman–Crippen LogP) is 2.34. The molecule has 0 bridgehead atoms. The number of aryl methyl sites for hydroxylation is 1. The van der Waals surface area contributed by atoms with Gasteiger partial charge in [-0.05, 0) is 31.9 Å². The molecule has 0 radical (unpaired) electrons. The number of hydrogen-bond acceptors (Lipinski definition) is 4. The Balaban J connectivity index is 1.74. The summed E-state index contributed by atoms with van der Waals surface area (Å²) in [7, 11) is 0. The zero-order valence-corrected chi connectivity index (χ0v) is 11.2. The van der Waals surface area contributed by atoms with E-state index in [1.165, 1.54) is 0 Å². The molecule has 0 saturated carbocycles. The Morgan fingerprint density at radius 1 is 1.50 bits per heavy atom. The van der Waals surface area contributed by atoms with E-state index < -0.39 is 0 Å². The molecule has 0 aromatic carbocycles. The topological polar surface area (TPSA) is 42.7 Å². The lowest BCUT2D eigenvalue weighted by Crippen LogP contribution is -2.35. The van der Waals surface area contributed by atoms with Gasteiger partial charge in [-0.1, -0.05) is 0 Å². The third kappa shape index (κ3) is 2.29. The lowest BCUT2D eigenvalue weighted by atomic mass is 10.2. The molecule has 1 amide bonds. The first kappa shape index (κ1) is 12.1. The molecular formula is C13H17NO3S. The number of carbonyl (C=O) groups is 1. The van der Waals surface area contributed by atoms with Gasteiger partial charge in [-0.25, -0.2) is 0 Å². The van der Waals surface area contributed by atoms with E-state index in [-0.39, 0.29) is 17.4 Å². The van der Waals surface area contributed by atoms with Crippen LogP contribution in [0, 0.1) is 6.92 Å². The zero-order valence-electron chi connectivity index (χ0n) is 10.4. The van der Waals surface area contributed by atoms with E-state index in [1.807, 2.05) is 24.0 Å². The number of amides is 1. The summed E-state index contributed by atoms with van der Waals surface area (Å²) in [6, 6.07) is 3.91. The Bertz CT molecular complexity index is 439. The molecule has 5 heteroatoms. The molecule has 4 nitrogen and oxygen atoms in total. The summed E-state index contributed by atoms with van der Waals surface area (Å²) in [5.41, 5.74) is 0. The summed E-state index contributed by atoms with van der Waals surface area (Å²) < 4.78 is 11.3. The van der Waals surface area contributed by atoms with Crippen LogP contribution >= 0.6 is 11.8 Å². The molecule has 2 atom stereocenters. The third-order valence-electron chi connectivity index (χ3n) is 3.40. The number of carbonyl (C=O) groups excluding carboxylic acids is 1. The van der Waals surface area contributed by atoms with Crippen molar-refractivity contribution in [1.82, 2.24) is 4.90 Å². The summed E-state index contributed by atoms with van der Waals surface area (Å²) in [5, 5.41) is 0.0235. The van der Waals surface area contributed by atoms with Crippen molar-refractivity contribution in [1.29, 1.82) is 0 Å². The highest BCUT2D eigenvalue weighted by Crippen LogP contribution is 2.39. The first-order valence-corrected chi connectivity index (χ1v) is 7.38. The standard InChI is InChI=1S/C13H17NO3S/c1-9-4-5-11(17-9)13-14(12(15)8-18-13)7-10-3-2-6-16-10/h4-5,10,13H,2-3,6-8H2,1H3. The second kappa shape index (κ2) is 4.97. The summed E-state index contributed by atoms with van der Waals surface area (Å²) in [6.45, 7) is 3.44. The molecule has 0 spiro atoms. The molecule has 3 heterocycles. The van der Waals surface area contributed by atoms with Crippen LogP contribution in [0.5, 0.6) is 0 Å². The van der Waals surface area contributed by atoms with Gasteiger partial charge in [0.25, 0.3) is 0 Å². The third-order valence-corrected chi connectivity index (χ3v) is 4.61. The number of rotatable bonds is 3. The average Bonchev–Trinajstić information content (AvgIpc) is 3.04. The molecule has 98 valence electrons. The van der Waals surface area contributed by atoms with Crippen LogP contribution < -0.4 is 0 Å². The summed E-state index contributed by atoms with van der Waals surface area (Å²) in [5.74, 6) is 2.50. The predicted molar refractivity (Wildman–Crippen MR) is 69.3 cm³/mol. The Hall–Kier alpha value is -0.940. The fourth-order valence-electron chi connectivity index (χ4n) is 2.48. The van der Waals surface area contributed by atoms with Crippen molar-refractivity contribution in [2.75, 3.05) is 18.9 Å². The first-order valence-electron chi connectivity index (χ1n) is 6.33. The molecule has 18 heavy (non-hydrogen) atoms. The highest BCUT2D eigenvalue weighted by atomic mass is 32.2. The number of nitrogens with zero attached hydrogens (tertiary/aromatic N) is 1. The van der Waals surface area contributed by atoms with Crippen LogP contribution in [0.15, 0.2) is 16.5 Å². The highest BCUT2D eigenvalue weighted by molar-refractivity contribution is 8.00. The van der Waals surface area contributed by atoms with E-state index in [0.29, 0.717) is 12.3 Å². The minimum Gasteiger partial charge on any atom is -0.463 e. The molecule has 2 unspecified atom stereocenters. The Labute approximate surface area is 111 Å². The van der Waals surface area contributed by atoms with Gasteiger partial charge >= 0.3 is 0 Å². The van der Waals surface area contributed by atoms with Crippen molar-refractivity contribution in [3.8, 4) is 0 Å². The van der Waals surface area contributed by atoms with E-state index in [2.05, 4.69) is 0 Å². The largest absolute Gasteiger partial charge is 0.463 e. The lowest BCUT2D eigenvalue weighted by molar-refractivity contribution is -0.129. The van der Waals surface area contributed by atoms with Crippen LogP contribution in [0.2, 0.25) is 0 Å². The second-order valence-electron chi connectivity index (χ2n) is 4.79. The maximum absolute atomic E-state index is 12.0. The van der Waals surface area contributed by atoms with Gasteiger partial charge in [0.1, 0.15) is 16.9 Å². The van der Waals surface area contributed by atoms with Crippen molar-refractivity contribution in [2.45, 2.75) is 31.2 Å². The number of hydrogen-bond donors (Lipinski definition) is 0. The molecule has 2 fully saturated rings. The average molecular weight is 267 g/mol. The molecule has 3 rings (SSSR count). The molecule has 1 aromatic heterocycles. The summed E-state index contributed by atoms with van der Waals surface area (Å²) in [6.07, 6.45) is 2.36. The van der Waals surface area contributed by atoms with Gasteiger partial charge in [0.15, 0.2) is 0 Å². The van der Waals surface area contributed by atoms with Gasteiger partial charge in [-0.15, -0.1) is 11.8 Å². The van der Waals surface area contributed by atoms with Gasteiger partial charge < -0.3 is 14.1 Å². The quantitative estimate of drug-likeness (QED) is 0.843. The zero-order chi connectivity index (χ0) is 12.5. The molecule has 1 aromatic rings. The van der Waals surface area contributed by atoms with Crippen LogP contribution in [0.4, 0.5) is 0 Å². The van der Waals surface area contributed by atoms with Crippen LogP contribution in [0.25, 0.3) is 0 Å². The van der Waals surface area contributed by atoms with Gasteiger partial charge in [0, 0.05) is 13.2 Å². The fourth-order valence-corrected chi connectivity index (χ4v) is 3.62. The van der Waals surface area contributed by atoms with Crippen molar-refractivity contribution < 1.29 is 13.9 Å². The van der Waals surface area contributed by atoms with Crippen molar-refractivity contribution in [3.63, 3.8) is 0 Å². The van der Waals surface area contributed by atoms with Crippen LogP contribution in [0.3, 0.4) is 0 Å². The van der Waals surface area contributed by atoms with Crippen LogP contribution in [-0.4, -0.2) is 35.8 Å². The maximum Gasteiger partial charge on any atom is 0.234 e. The van der Waals surface area contributed by atoms with Gasteiger partial charge in [-0.3, -0.25) is 4.79 Å². The Morgan fingerprint density at radius 2 is 2.39 bits per heavy atom. The number of ether oxygens (including phenoxy) is 1. The van der Waals surface area contributed by atoms with Crippen molar-refractivity contribution >= 4 is 17.7 Å². The SMILES string of the molecule is Cc1ccc(C2SCC(=O)N2CC2CCCO2)o1. The Kier molecular flexibility index (Phi) is 3.35. The van der Waals surface area contributed by atoms with Crippen LogP contribution in [-0.2, 0) is 9.53 Å². The van der Waals surface area contributed by atoms with E-state index in [0.717, 1.165) is 31.0 Å². The highest BCUT2D eigenvalue weighted by Gasteiger charge is 2.36. The minimum atomic E-state index is 0.0235. The first-order chi connectivity index (χ1) is 8.74.